The first-order chi connectivity index (χ1) is 7.36. The second-order valence-corrected chi connectivity index (χ2v) is 4.97. The Labute approximate surface area is 90.8 Å². The lowest BCUT2D eigenvalue weighted by molar-refractivity contribution is 0.501. The lowest BCUT2D eigenvalue weighted by Gasteiger charge is -1.95. The largest absolute Gasteiger partial charge is 0.411 e. The molecule has 0 radical (unpaired) electrons. The number of fused-ring (bicyclic) bond motifs is 3. The maximum absolute atomic E-state index is 11.6. The van der Waals surface area contributed by atoms with Gasteiger partial charge in [-0.1, -0.05) is 6.42 Å². The molecule has 0 amide bonds. The van der Waals surface area contributed by atoms with Gasteiger partial charge in [0.2, 0.25) is 0 Å². The van der Waals surface area contributed by atoms with E-state index in [2.05, 4.69) is 4.98 Å². The number of hydrogen-bond donors (Lipinski definition) is 0. The molecule has 3 nitrogen and oxygen atoms in total. The second kappa shape index (κ2) is 3.45. The molecule has 2 aromatic rings. The summed E-state index contributed by atoms with van der Waals surface area (Å²) < 4.78 is 4.85. The summed E-state index contributed by atoms with van der Waals surface area (Å²) >= 11 is 1.66. The van der Waals surface area contributed by atoms with E-state index < -0.39 is 0 Å². The van der Waals surface area contributed by atoms with Crippen LogP contribution in [0.25, 0.3) is 10.2 Å². The highest BCUT2D eigenvalue weighted by Crippen LogP contribution is 2.32. The zero-order chi connectivity index (χ0) is 10.3. The molecule has 0 saturated heterocycles. The standard InChI is InChI=1S/C11H11NO2S/c13-11-9-7-4-2-1-3-5-8(7)15-10(9)12-6-14-11/h6H,1-5H2. The molecule has 0 saturated carbocycles. The summed E-state index contributed by atoms with van der Waals surface area (Å²) in [4.78, 5) is 17.9. The van der Waals surface area contributed by atoms with Gasteiger partial charge in [0, 0.05) is 4.88 Å². The van der Waals surface area contributed by atoms with Crippen LogP contribution in [0.3, 0.4) is 0 Å². The van der Waals surface area contributed by atoms with Crippen molar-refractivity contribution < 1.29 is 4.42 Å². The number of thiophene rings is 1. The van der Waals surface area contributed by atoms with Gasteiger partial charge in [-0.15, -0.1) is 11.3 Å². The van der Waals surface area contributed by atoms with Crippen LogP contribution in [0.4, 0.5) is 0 Å². The lowest BCUT2D eigenvalue weighted by Crippen LogP contribution is -2.00. The molecule has 4 heteroatoms. The van der Waals surface area contributed by atoms with Crippen LogP contribution in [-0.2, 0) is 12.8 Å². The average Bonchev–Trinajstić information content (AvgIpc) is 2.43. The Morgan fingerprint density at radius 1 is 1.27 bits per heavy atom. The van der Waals surface area contributed by atoms with Gasteiger partial charge < -0.3 is 4.42 Å². The minimum Gasteiger partial charge on any atom is -0.411 e. The molecule has 78 valence electrons. The highest BCUT2D eigenvalue weighted by molar-refractivity contribution is 7.18. The minimum absolute atomic E-state index is 0.223. The molecule has 1 aliphatic carbocycles. The molecule has 0 aliphatic heterocycles. The first-order valence-corrected chi connectivity index (χ1v) is 6.06. The molecule has 15 heavy (non-hydrogen) atoms. The van der Waals surface area contributed by atoms with Crippen LogP contribution in [-0.4, -0.2) is 4.98 Å². The Morgan fingerprint density at radius 3 is 3.07 bits per heavy atom. The van der Waals surface area contributed by atoms with E-state index in [4.69, 9.17) is 4.42 Å². The Bertz CT molecular complexity index is 555. The Kier molecular flexibility index (Phi) is 2.09. The molecule has 0 atom stereocenters. The highest BCUT2D eigenvalue weighted by Gasteiger charge is 2.18. The molecular formula is C11H11NO2S. The van der Waals surface area contributed by atoms with Crippen LogP contribution >= 0.6 is 11.3 Å². The van der Waals surface area contributed by atoms with Gasteiger partial charge in [0.25, 0.3) is 0 Å². The van der Waals surface area contributed by atoms with Crippen molar-refractivity contribution in [3.63, 3.8) is 0 Å². The van der Waals surface area contributed by atoms with Crippen molar-refractivity contribution in [2.45, 2.75) is 32.1 Å². The van der Waals surface area contributed by atoms with Gasteiger partial charge in [-0.2, -0.15) is 0 Å². The normalized spacial score (nSPS) is 16.3. The van der Waals surface area contributed by atoms with E-state index >= 15 is 0 Å². The van der Waals surface area contributed by atoms with E-state index in [1.807, 2.05) is 0 Å². The maximum Gasteiger partial charge on any atom is 0.347 e. The van der Waals surface area contributed by atoms with E-state index in [1.54, 1.807) is 11.3 Å². The van der Waals surface area contributed by atoms with Crippen LogP contribution in [0.2, 0.25) is 0 Å². The first kappa shape index (κ1) is 9.09. The Balaban J connectivity index is 2.34. The quantitative estimate of drug-likeness (QED) is 0.642. The molecule has 0 spiro atoms. The van der Waals surface area contributed by atoms with Crippen molar-refractivity contribution in [1.82, 2.24) is 4.98 Å². The van der Waals surface area contributed by atoms with Crippen molar-refractivity contribution in [2.75, 3.05) is 0 Å². The summed E-state index contributed by atoms with van der Waals surface area (Å²) in [6.45, 7) is 0. The maximum atomic E-state index is 11.6. The van der Waals surface area contributed by atoms with Crippen molar-refractivity contribution in [1.29, 1.82) is 0 Å². The zero-order valence-electron chi connectivity index (χ0n) is 8.28. The molecular weight excluding hydrogens is 210 g/mol. The number of rotatable bonds is 0. The van der Waals surface area contributed by atoms with Crippen molar-refractivity contribution in [2.24, 2.45) is 0 Å². The van der Waals surface area contributed by atoms with Crippen LogP contribution in [0.5, 0.6) is 0 Å². The monoisotopic (exact) mass is 221 g/mol. The topological polar surface area (TPSA) is 43.1 Å². The van der Waals surface area contributed by atoms with Crippen molar-refractivity contribution >= 4 is 21.6 Å². The van der Waals surface area contributed by atoms with Gasteiger partial charge in [0.15, 0.2) is 6.39 Å². The summed E-state index contributed by atoms with van der Waals surface area (Å²) in [7, 11) is 0. The lowest BCUT2D eigenvalue weighted by atomic mass is 10.1. The molecule has 0 fully saturated rings. The molecule has 1 aliphatic rings. The smallest absolute Gasteiger partial charge is 0.347 e. The van der Waals surface area contributed by atoms with Gasteiger partial charge in [0.05, 0.1) is 0 Å². The van der Waals surface area contributed by atoms with Crippen LogP contribution in [0, 0.1) is 0 Å². The number of hydrogen-bond acceptors (Lipinski definition) is 4. The summed E-state index contributed by atoms with van der Waals surface area (Å²) in [5, 5.41) is 0.736. The molecule has 0 bridgehead atoms. The van der Waals surface area contributed by atoms with Gasteiger partial charge in [0.1, 0.15) is 10.2 Å². The fourth-order valence-electron chi connectivity index (χ4n) is 2.21. The fraction of sp³-hybridized carbons (Fsp3) is 0.455. The fourth-order valence-corrected chi connectivity index (χ4v) is 3.42. The van der Waals surface area contributed by atoms with Crippen LogP contribution in [0.1, 0.15) is 29.7 Å². The third kappa shape index (κ3) is 1.40. The van der Waals surface area contributed by atoms with E-state index in [0.717, 1.165) is 23.1 Å². The minimum atomic E-state index is -0.223. The average molecular weight is 221 g/mol. The number of nitrogens with zero attached hydrogens (tertiary/aromatic N) is 1. The predicted molar refractivity (Wildman–Crippen MR) is 59.4 cm³/mol. The first-order valence-electron chi connectivity index (χ1n) is 5.24. The predicted octanol–water partition coefficient (Wildman–Crippen LogP) is 2.52. The van der Waals surface area contributed by atoms with Crippen molar-refractivity contribution in [3.8, 4) is 0 Å². The summed E-state index contributed by atoms with van der Waals surface area (Å²) in [6, 6.07) is 0. The SMILES string of the molecule is O=c1ocnc2sc3c(c12)CCCCC3. The third-order valence-corrected chi connectivity index (χ3v) is 4.14. The number of aromatic nitrogens is 1. The van der Waals surface area contributed by atoms with Gasteiger partial charge in [-0.05, 0) is 31.2 Å². The van der Waals surface area contributed by atoms with Gasteiger partial charge in [-0.25, -0.2) is 9.78 Å². The number of aryl methyl sites for hydroxylation is 2. The molecule has 0 unspecified atom stereocenters. The second-order valence-electron chi connectivity index (χ2n) is 3.88. The van der Waals surface area contributed by atoms with E-state index in [-0.39, 0.29) is 5.63 Å². The highest BCUT2D eigenvalue weighted by atomic mass is 32.1. The molecule has 3 rings (SSSR count). The zero-order valence-corrected chi connectivity index (χ0v) is 9.10. The Morgan fingerprint density at radius 2 is 2.13 bits per heavy atom. The summed E-state index contributed by atoms with van der Waals surface area (Å²) in [5.74, 6) is 0. The molecule has 0 N–H and O–H groups in total. The van der Waals surface area contributed by atoms with Gasteiger partial charge in [-0.3, -0.25) is 0 Å². The summed E-state index contributed by atoms with van der Waals surface area (Å²) in [6.07, 6.45) is 7.01. The van der Waals surface area contributed by atoms with E-state index in [9.17, 15) is 4.79 Å². The van der Waals surface area contributed by atoms with Gasteiger partial charge >= 0.3 is 5.63 Å². The summed E-state index contributed by atoms with van der Waals surface area (Å²) in [5.41, 5.74) is 0.980. The molecule has 0 aromatic carbocycles. The van der Waals surface area contributed by atoms with Crippen LogP contribution in [0.15, 0.2) is 15.6 Å². The Hall–Kier alpha value is -1.16. The molecule has 2 aromatic heterocycles. The molecule has 2 heterocycles. The van der Waals surface area contributed by atoms with E-state index in [1.165, 1.54) is 36.1 Å². The van der Waals surface area contributed by atoms with E-state index in [0.29, 0.717) is 0 Å². The van der Waals surface area contributed by atoms with Crippen molar-refractivity contribution in [3.05, 3.63) is 27.3 Å². The van der Waals surface area contributed by atoms with Crippen LogP contribution < -0.4 is 5.63 Å². The third-order valence-electron chi connectivity index (χ3n) is 2.94.